The van der Waals surface area contributed by atoms with E-state index < -0.39 is 0 Å². The molecule has 0 radical (unpaired) electrons. The first-order valence-corrected chi connectivity index (χ1v) is 7.19. The zero-order chi connectivity index (χ0) is 15.2. The van der Waals surface area contributed by atoms with Crippen molar-refractivity contribution in [3.05, 3.63) is 35.6 Å². The van der Waals surface area contributed by atoms with Crippen LogP contribution in [0.3, 0.4) is 0 Å². The van der Waals surface area contributed by atoms with Gasteiger partial charge in [-0.2, -0.15) is 0 Å². The van der Waals surface area contributed by atoms with Crippen molar-refractivity contribution in [2.45, 2.75) is 13.3 Å². The second-order valence-corrected chi connectivity index (χ2v) is 5.02. The van der Waals surface area contributed by atoms with Gasteiger partial charge in [-0.05, 0) is 30.7 Å². The average Bonchev–Trinajstić information content (AvgIpc) is 2.53. The summed E-state index contributed by atoms with van der Waals surface area (Å²) >= 11 is 0. The molecule has 1 aromatic rings. The zero-order valence-electron chi connectivity index (χ0n) is 12.1. The summed E-state index contributed by atoms with van der Waals surface area (Å²) in [6.45, 7) is 4.68. The van der Waals surface area contributed by atoms with Crippen molar-refractivity contribution >= 4 is 11.9 Å². The number of nitrogens with one attached hydrogen (secondary N) is 1. The van der Waals surface area contributed by atoms with Gasteiger partial charge in [0.15, 0.2) is 0 Å². The SMILES string of the molecule is CCCNC(=O)N1CCN(C(=O)c2ccc(F)cc2)CC1. The fourth-order valence-corrected chi connectivity index (χ4v) is 2.23. The summed E-state index contributed by atoms with van der Waals surface area (Å²) < 4.78 is 12.9. The molecule has 1 heterocycles. The van der Waals surface area contributed by atoms with Crippen LogP contribution in [0.5, 0.6) is 0 Å². The van der Waals surface area contributed by atoms with E-state index in [0.717, 1.165) is 6.42 Å². The number of carbonyl (C=O) groups excluding carboxylic acids is 2. The topological polar surface area (TPSA) is 52.7 Å². The molecule has 5 nitrogen and oxygen atoms in total. The van der Waals surface area contributed by atoms with Crippen LogP contribution in [0.2, 0.25) is 0 Å². The van der Waals surface area contributed by atoms with E-state index in [4.69, 9.17) is 0 Å². The molecule has 1 aliphatic heterocycles. The van der Waals surface area contributed by atoms with Crippen molar-refractivity contribution in [2.24, 2.45) is 0 Å². The summed E-state index contributed by atoms with van der Waals surface area (Å²) in [5, 5.41) is 2.83. The fraction of sp³-hybridized carbons (Fsp3) is 0.467. The lowest BCUT2D eigenvalue weighted by molar-refractivity contribution is 0.0665. The van der Waals surface area contributed by atoms with Crippen molar-refractivity contribution in [1.29, 1.82) is 0 Å². The standard InChI is InChI=1S/C15H20FN3O2/c1-2-7-17-15(21)19-10-8-18(9-11-19)14(20)12-3-5-13(16)6-4-12/h3-6H,2,7-11H2,1H3,(H,17,21). The molecule has 2 rings (SSSR count). The van der Waals surface area contributed by atoms with Crippen LogP contribution in [0, 0.1) is 5.82 Å². The molecule has 6 heteroatoms. The van der Waals surface area contributed by atoms with Gasteiger partial charge in [-0.15, -0.1) is 0 Å². The molecule has 3 amide bonds. The first-order valence-electron chi connectivity index (χ1n) is 7.19. The maximum absolute atomic E-state index is 12.9. The second-order valence-electron chi connectivity index (χ2n) is 5.02. The van der Waals surface area contributed by atoms with E-state index in [0.29, 0.717) is 38.3 Å². The van der Waals surface area contributed by atoms with Crippen molar-refractivity contribution in [3.63, 3.8) is 0 Å². The average molecular weight is 293 g/mol. The number of urea groups is 1. The molecule has 0 bridgehead atoms. The van der Waals surface area contributed by atoms with Gasteiger partial charge in [0.05, 0.1) is 0 Å². The molecule has 1 aromatic carbocycles. The van der Waals surface area contributed by atoms with Gasteiger partial charge in [0.25, 0.3) is 5.91 Å². The van der Waals surface area contributed by atoms with Crippen molar-refractivity contribution in [1.82, 2.24) is 15.1 Å². The summed E-state index contributed by atoms with van der Waals surface area (Å²) in [5.74, 6) is -0.479. The van der Waals surface area contributed by atoms with E-state index in [1.165, 1.54) is 24.3 Å². The molecule has 21 heavy (non-hydrogen) atoms. The molecule has 0 aliphatic carbocycles. The predicted octanol–water partition coefficient (Wildman–Crippen LogP) is 1.70. The number of piperazine rings is 1. The number of nitrogens with zero attached hydrogens (tertiary/aromatic N) is 2. The zero-order valence-corrected chi connectivity index (χ0v) is 12.1. The van der Waals surface area contributed by atoms with Crippen molar-refractivity contribution in [2.75, 3.05) is 32.7 Å². The van der Waals surface area contributed by atoms with Crippen LogP contribution in [-0.2, 0) is 0 Å². The summed E-state index contributed by atoms with van der Waals surface area (Å²) in [6.07, 6.45) is 0.898. The van der Waals surface area contributed by atoms with Crippen LogP contribution in [0.1, 0.15) is 23.7 Å². The van der Waals surface area contributed by atoms with Crippen LogP contribution in [0.25, 0.3) is 0 Å². The fourth-order valence-electron chi connectivity index (χ4n) is 2.23. The molecule has 0 aromatic heterocycles. The molecule has 0 unspecified atom stereocenters. The Morgan fingerprint density at radius 2 is 1.67 bits per heavy atom. The number of rotatable bonds is 3. The Morgan fingerprint density at radius 3 is 2.24 bits per heavy atom. The highest BCUT2D eigenvalue weighted by Crippen LogP contribution is 2.10. The smallest absolute Gasteiger partial charge is 0.317 e. The van der Waals surface area contributed by atoms with Gasteiger partial charge in [0.2, 0.25) is 0 Å². The lowest BCUT2D eigenvalue weighted by Crippen LogP contribution is -2.53. The van der Waals surface area contributed by atoms with E-state index in [-0.39, 0.29) is 17.8 Å². The maximum atomic E-state index is 12.9. The minimum absolute atomic E-state index is 0.0780. The quantitative estimate of drug-likeness (QED) is 0.922. The first-order chi connectivity index (χ1) is 10.1. The molecule has 0 atom stereocenters. The normalized spacial score (nSPS) is 15.0. The molecule has 0 saturated carbocycles. The third-order valence-corrected chi connectivity index (χ3v) is 3.47. The maximum Gasteiger partial charge on any atom is 0.317 e. The van der Waals surface area contributed by atoms with E-state index >= 15 is 0 Å². The molecular weight excluding hydrogens is 273 g/mol. The van der Waals surface area contributed by atoms with Crippen LogP contribution in [-0.4, -0.2) is 54.5 Å². The van der Waals surface area contributed by atoms with E-state index in [9.17, 15) is 14.0 Å². The predicted molar refractivity (Wildman–Crippen MR) is 77.6 cm³/mol. The highest BCUT2D eigenvalue weighted by molar-refractivity contribution is 5.94. The van der Waals surface area contributed by atoms with Gasteiger partial charge in [-0.1, -0.05) is 6.92 Å². The molecule has 0 spiro atoms. The van der Waals surface area contributed by atoms with Crippen LogP contribution < -0.4 is 5.32 Å². The van der Waals surface area contributed by atoms with Gasteiger partial charge < -0.3 is 15.1 Å². The number of hydrogen-bond acceptors (Lipinski definition) is 2. The van der Waals surface area contributed by atoms with Gasteiger partial charge in [0, 0.05) is 38.3 Å². The summed E-state index contributed by atoms with van der Waals surface area (Å²) in [7, 11) is 0. The minimum atomic E-state index is -0.357. The summed E-state index contributed by atoms with van der Waals surface area (Å²) in [4.78, 5) is 27.5. The van der Waals surface area contributed by atoms with Gasteiger partial charge in [0.1, 0.15) is 5.82 Å². The highest BCUT2D eigenvalue weighted by Gasteiger charge is 2.24. The lowest BCUT2D eigenvalue weighted by Gasteiger charge is -2.34. The summed E-state index contributed by atoms with van der Waals surface area (Å²) in [6, 6.07) is 5.45. The van der Waals surface area contributed by atoms with Gasteiger partial charge in [-0.3, -0.25) is 4.79 Å². The van der Waals surface area contributed by atoms with Crippen molar-refractivity contribution in [3.8, 4) is 0 Å². The largest absolute Gasteiger partial charge is 0.338 e. The molecule has 1 aliphatic rings. The Balaban J connectivity index is 1.87. The van der Waals surface area contributed by atoms with Gasteiger partial charge in [-0.25, -0.2) is 9.18 Å². The number of halogens is 1. The van der Waals surface area contributed by atoms with Crippen LogP contribution >= 0.6 is 0 Å². The monoisotopic (exact) mass is 293 g/mol. The molecule has 1 N–H and O–H groups in total. The van der Waals surface area contributed by atoms with Crippen LogP contribution in [0.15, 0.2) is 24.3 Å². The Bertz CT molecular complexity index is 496. The number of hydrogen-bond donors (Lipinski definition) is 1. The highest BCUT2D eigenvalue weighted by atomic mass is 19.1. The third-order valence-electron chi connectivity index (χ3n) is 3.47. The Hall–Kier alpha value is -2.11. The Kier molecular flexibility index (Phi) is 5.14. The Labute approximate surface area is 123 Å². The minimum Gasteiger partial charge on any atom is -0.338 e. The third kappa shape index (κ3) is 3.93. The van der Waals surface area contributed by atoms with Crippen molar-refractivity contribution < 1.29 is 14.0 Å². The second kappa shape index (κ2) is 7.06. The van der Waals surface area contributed by atoms with E-state index in [2.05, 4.69) is 5.32 Å². The number of amides is 3. The van der Waals surface area contributed by atoms with Crippen LogP contribution in [0.4, 0.5) is 9.18 Å². The van der Waals surface area contributed by atoms with E-state index in [1.807, 2.05) is 6.92 Å². The number of benzene rings is 1. The van der Waals surface area contributed by atoms with E-state index in [1.54, 1.807) is 9.80 Å². The molecular formula is C15H20FN3O2. The summed E-state index contributed by atoms with van der Waals surface area (Å²) in [5.41, 5.74) is 0.472. The number of carbonyl (C=O) groups is 2. The molecule has 1 saturated heterocycles. The molecule has 1 fully saturated rings. The van der Waals surface area contributed by atoms with Gasteiger partial charge >= 0.3 is 6.03 Å². The Morgan fingerprint density at radius 1 is 1.10 bits per heavy atom. The molecule has 114 valence electrons. The lowest BCUT2D eigenvalue weighted by atomic mass is 10.2. The first kappa shape index (κ1) is 15.3.